The van der Waals surface area contributed by atoms with E-state index in [4.69, 9.17) is 11.6 Å². The van der Waals surface area contributed by atoms with Crippen molar-refractivity contribution < 1.29 is 0 Å². The fourth-order valence-corrected chi connectivity index (χ4v) is 1.21. The molecule has 0 saturated heterocycles. The number of halogens is 1. The van der Waals surface area contributed by atoms with Gasteiger partial charge in [0.15, 0.2) is 0 Å². The molecule has 0 amide bonds. The first-order valence-electron chi connectivity index (χ1n) is 4.85. The van der Waals surface area contributed by atoms with Crippen molar-refractivity contribution in [1.29, 1.82) is 0 Å². The number of aromatic nitrogens is 1. The zero-order valence-corrected chi connectivity index (χ0v) is 9.96. The summed E-state index contributed by atoms with van der Waals surface area (Å²) < 4.78 is 0. The van der Waals surface area contributed by atoms with E-state index in [0.29, 0.717) is 5.02 Å². The van der Waals surface area contributed by atoms with Crippen molar-refractivity contribution >= 4 is 23.8 Å². The summed E-state index contributed by atoms with van der Waals surface area (Å²) in [6.45, 7) is 11.2. The molecule has 1 rings (SSSR count). The highest BCUT2D eigenvalue weighted by molar-refractivity contribution is 6.30. The Morgan fingerprint density at radius 1 is 1.20 bits per heavy atom. The third kappa shape index (κ3) is 4.13. The van der Waals surface area contributed by atoms with Crippen molar-refractivity contribution in [2.45, 2.75) is 13.8 Å². The van der Waals surface area contributed by atoms with Gasteiger partial charge in [-0.2, -0.15) is 0 Å². The fourth-order valence-electron chi connectivity index (χ4n) is 0.992. The maximum Gasteiger partial charge on any atom is 0.0716 e. The van der Waals surface area contributed by atoms with Crippen molar-refractivity contribution in [3.8, 4) is 0 Å². The summed E-state index contributed by atoms with van der Waals surface area (Å²) in [5.74, 6) is 0. The van der Waals surface area contributed by atoms with Gasteiger partial charge in [0.2, 0.25) is 0 Å². The highest BCUT2D eigenvalue weighted by Gasteiger charge is 1.90. The SMILES string of the molecule is C=C/C=c1/nccc(Cl)/c1=C/C=C.CC. The maximum atomic E-state index is 5.97. The molecule has 0 radical (unpaired) electrons. The topological polar surface area (TPSA) is 12.9 Å². The lowest BCUT2D eigenvalue weighted by Gasteiger charge is -1.91. The first kappa shape index (κ1) is 13.7. The van der Waals surface area contributed by atoms with Crippen LogP contribution in [0.4, 0.5) is 0 Å². The lowest BCUT2D eigenvalue weighted by Crippen LogP contribution is -2.28. The predicted octanol–water partition coefficient (Wildman–Crippen LogP) is 2.69. The van der Waals surface area contributed by atoms with E-state index < -0.39 is 0 Å². The van der Waals surface area contributed by atoms with Crippen LogP contribution >= 0.6 is 11.6 Å². The van der Waals surface area contributed by atoms with Crippen LogP contribution in [-0.4, -0.2) is 4.98 Å². The van der Waals surface area contributed by atoms with E-state index in [1.54, 1.807) is 30.5 Å². The third-order valence-electron chi connectivity index (χ3n) is 1.53. The van der Waals surface area contributed by atoms with E-state index in [9.17, 15) is 0 Å². The van der Waals surface area contributed by atoms with Crippen LogP contribution in [0.25, 0.3) is 12.2 Å². The number of hydrogen-bond donors (Lipinski definition) is 0. The molecule has 0 bridgehead atoms. The average Bonchev–Trinajstić information content (AvgIpc) is 2.26. The minimum atomic E-state index is 0.669. The summed E-state index contributed by atoms with van der Waals surface area (Å²) in [5.41, 5.74) is 0. The minimum absolute atomic E-state index is 0.669. The Bertz CT molecular complexity index is 432. The quantitative estimate of drug-likeness (QED) is 0.749. The van der Waals surface area contributed by atoms with E-state index in [-0.39, 0.29) is 0 Å². The van der Waals surface area contributed by atoms with Crippen molar-refractivity contribution in [1.82, 2.24) is 4.98 Å². The van der Waals surface area contributed by atoms with Crippen molar-refractivity contribution in [3.05, 3.63) is 53.2 Å². The van der Waals surface area contributed by atoms with Gasteiger partial charge in [0.25, 0.3) is 0 Å². The van der Waals surface area contributed by atoms with Crippen LogP contribution in [0.1, 0.15) is 13.8 Å². The van der Waals surface area contributed by atoms with Gasteiger partial charge in [-0.25, -0.2) is 0 Å². The lowest BCUT2D eigenvalue weighted by molar-refractivity contribution is 1.22. The van der Waals surface area contributed by atoms with Gasteiger partial charge in [-0.05, 0) is 12.1 Å². The van der Waals surface area contributed by atoms with E-state index >= 15 is 0 Å². The summed E-state index contributed by atoms with van der Waals surface area (Å²) in [7, 11) is 0. The summed E-state index contributed by atoms with van der Waals surface area (Å²) in [6.07, 6.45) is 8.66. The Morgan fingerprint density at radius 3 is 2.33 bits per heavy atom. The van der Waals surface area contributed by atoms with Crippen molar-refractivity contribution in [2.24, 2.45) is 0 Å². The molecule has 0 atom stereocenters. The molecule has 0 aliphatic rings. The zero-order valence-electron chi connectivity index (χ0n) is 9.20. The number of nitrogens with zero attached hydrogens (tertiary/aromatic N) is 1. The predicted molar refractivity (Wildman–Crippen MR) is 69.2 cm³/mol. The Hall–Kier alpha value is -1.34. The molecule has 0 spiro atoms. The molecular weight excluding hydrogens is 206 g/mol. The van der Waals surface area contributed by atoms with Crippen LogP contribution in [0.5, 0.6) is 0 Å². The van der Waals surface area contributed by atoms with E-state index in [1.807, 2.05) is 19.9 Å². The smallest absolute Gasteiger partial charge is 0.0716 e. The molecule has 1 aromatic rings. The lowest BCUT2D eigenvalue weighted by atomic mass is 10.3. The molecule has 0 saturated carbocycles. The summed E-state index contributed by atoms with van der Waals surface area (Å²) >= 11 is 5.97. The maximum absolute atomic E-state index is 5.97. The molecule has 1 aromatic heterocycles. The molecule has 2 heteroatoms. The first-order chi connectivity index (χ1) is 7.29. The molecule has 0 aromatic carbocycles. The van der Waals surface area contributed by atoms with Crippen LogP contribution in [0.2, 0.25) is 5.02 Å². The highest BCUT2D eigenvalue weighted by atomic mass is 35.5. The average molecular weight is 222 g/mol. The summed E-state index contributed by atoms with van der Waals surface area (Å²) in [4.78, 5) is 4.16. The monoisotopic (exact) mass is 221 g/mol. The Labute approximate surface area is 96.1 Å². The van der Waals surface area contributed by atoms with Gasteiger partial charge in [0, 0.05) is 11.4 Å². The Balaban J connectivity index is 0.000000921. The van der Waals surface area contributed by atoms with Crippen LogP contribution in [-0.2, 0) is 0 Å². The molecule has 0 N–H and O–H groups in total. The van der Waals surface area contributed by atoms with Crippen LogP contribution in [0.15, 0.2) is 37.6 Å². The Kier molecular flexibility index (Phi) is 7.29. The fraction of sp³-hybridized carbons (Fsp3) is 0.154. The van der Waals surface area contributed by atoms with Crippen molar-refractivity contribution in [2.75, 3.05) is 0 Å². The van der Waals surface area contributed by atoms with Gasteiger partial charge in [-0.1, -0.05) is 56.8 Å². The van der Waals surface area contributed by atoms with Gasteiger partial charge in [-0.3, -0.25) is 4.98 Å². The first-order valence-corrected chi connectivity index (χ1v) is 5.23. The molecule has 1 heterocycles. The normalized spacial score (nSPS) is 11.7. The van der Waals surface area contributed by atoms with Gasteiger partial charge in [0.1, 0.15) is 0 Å². The Morgan fingerprint density at radius 2 is 1.80 bits per heavy atom. The minimum Gasteiger partial charge on any atom is -0.256 e. The van der Waals surface area contributed by atoms with E-state index in [2.05, 4.69) is 18.1 Å². The number of allylic oxidation sites excluding steroid dienone is 2. The molecule has 0 aliphatic carbocycles. The largest absolute Gasteiger partial charge is 0.256 e. The number of rotatable bonds is 2. The van der Waals surface area contributed by atoms with Gasteiger partial charge in [0.05, 0.1) is 10.4 Å². The molecule has 15 heavy (non-hydrogen) atoms. The zero-order chi connectivity index (χ0) is 11.7. The molecular formula is C13H16ClN. The van der Waals surface area contributed by atoms with E-state index in [0.717, 1.165) is 10.6 Å². The van der Waals surface area contributed by atoms with Crippen LogP contribution < -0.4 is 10.6 Å². The molecule has 0 aliphatic heterocycles. The van der Waals surface area contributed by atoms with E-state index in [1.165, 1.54) is 0 Å². The third-order valence-corrected chi connectivity index (χ3v) is 1.86. The summed E-state index contributed by atoms with van der Waals surface area (Å²) in [6, 6.07) is 1.75. The van der Waals surface area contributed by atoms with Gasteiger partial charge < -0.3 is 0 Å². The second-order valence-corrected chi connectivity index (χ2v) is 2.80. The van der Waals surface area contributed by atoms with Crippen molar-refractivity contribution in [3.63, 3.8) is 0 Å². The van der Waals surface area contributed by atoms with Gasteiger partial charge in [-0.15, -0.1) is 0 Å². The van der Waals surface area contributed by atoms with Crippen LogP contribution in [0.3, 0.4) is 0 Å². The van der Waals surface area contributed by atoms with Crippen LogP contribution in [0, 0.1) is 0 Å². The second kappa shape index (κ2) is 8.01. The standard InChI is InChI=1S/C11H10ClN.C2H6/c1-3-5-9-10(12)7-8-13-11(9)6-4-2;1-2/h3-8H,1-2H2;1-2H3/b9-5-,11-6+;. The molecule has 80 valence electrons. The second-order valence-electron chi connectivity index (χ2n) is 2.40. The molecule has 0 fully saturated rings. The molecule has 0 unspecified atom stereocenters. The van der Waals surface area contributed by atoms with Gasteiger partial charge >= 0.3 is 0 Å². The summed E-state index contributed by atoms with van der Waals surface area (Å²) in [5, 5.41) is 2.35. The molecule has 1 nitrogen and oxygen atoms in total. The number of pyridine rings is 1. The number of hydrogen-bond acceptors (Lipinski definition) is 1. The highest BCUT2D eigenvalue weighted by Crippen LogP contribution is 1.94.